The highest BCUT2D eigenvalue weighted by Crippen LogP contribution is 2.26. The molecule has 1 aliphatic heterocycles. The van der Waals surface area contributed by atoms with Gasteiger partial charge in [-0.3, -0.25) is 14.7 Å². The molecule has 0 aliphatic carbocycles. The van der Waals surface area contributed by atoms with Crippen molar-refractivity contribution in [2.24, 2.45) is 0 Å². The summed E-state index contributed by atoms with van der Waals surface area (Å²) in [4.78, 5) is 19.0. The first kappa shape index (κ1) is 19.9. The van der Waals surface area contributed by atoms with Crippen LogP contribution in [0, 0.1) is 11.6 Å². The molecule has 4 rings (SSSR count). The van der Waals surface area contributed by atoms with Crippen molar-refractivity contribution in [3.63, 3.8) is 0 Å². The summed E-state index contributed by atoms with van der Waals surface area (Å²) in [6, 6.07) is 9.52. The lowest BCUT2D eigenvalue weighted by molar-refractivity contribution is 0.102. The molecule has 3 aromatic rings. The van der Waals surface area contributed by atoms with Gasteiger partial charge in [-0.15, -0.1) is 0 Å². The molecular weight excluding hydrogens is 440 g/mol. The Bertz CT molecular complexity index is 1070. The Labute approximate surface area is 176 Å². The number of likely N-dealkylation sites (tertiary alicyclic amines) is 1. The van der Waals surface area contributed by atoms with Crippen molar-refractivity contribution >= 4 is 38.4 Å². The highest BCUT2D eigenvalue weighted by atomic mass is 79.9. The van der Waals surface area contributed by atoms with Gasteiger partial charge in [0.1, 0.15) is 11.3 Å². The largest absolute Gasteiger partial charge is 0.319 e. The number of benzene rings is 2. The molecule has 0 radical (unpaired) electrons. The molecule has 2 aromatic carbocycles. The number of hydrogen-bond donors (Lipinski definition) is 1. The Hall–Kier alpha value is -2.38. The van der Waals surface area contributed by atoms with Crippen molar-refractivity contribution in [1.29, 1.82) is 0 Å². The van der Waals surface area contributed by atoms with Crippen LogP contribution in [0.2, 0.25) is 0 Å². The fourth-order valence-electron chi connectivity index (χ4n) is 3.64. The molecular formula is C22H20BrF2N3O. The Morgan fingerprint density at radius 3 is 2.69 bits per heavy atom. The zero-order valence-corrected chi connectivity index (χ0v) is 17.3. The maximum Gasteiger partial charge on any atom is 0.258 e. The van der Waals surface area contributed by atoms with Gasteiger partial charge in [0.2, 0.25) is 0 Å². The average Bonchev–Trinajstić information content (AvgIpc) is 2.73. The van der Waals surface area contributed by atoms with Crippen molar-refractivity contribution in [2.45, 2.75) is 25.8 Å². The van der Waals surface area contributed by atoms with Gasteiger partial charge in [-0.25, -0.2) is 8.78 Å². The summed E-state index contributed by atoms with van der Waals surface area (Å²) in [5.74, 6) is -2.04. The van der Waals surface area contributed by atoms with E-state index in [4.69, 9.17) is 0 Å². The third-order valence-electron chi connectivity index (χ3n) is 5.15. The van der Waals surface area contributed by atoms with Crippen LogP contribution in [0.5, 0.6) is 0 Å². The second-order valence-corrected chi connectivity index (χ2v) is 8.09. The van der Waals surface area contributed by atoms with E-state index in [-0.39, 0.29) is 21.2 Å². The summed E-state index contributed by atoms with van der Waals surface area (Å²) in [5, 5.41) is 3.11. The van der Waals surface area contributed by atoms with Crippen molar-refractivity contribution in [3.05, 3.63) is 69.8 Å². The molecule has 0 atom stereocenters. The molecule has 2 heterocycles. The third kappa shape index (κ3) is 4.31. The van der Waals surface area contributed by atoms with E-state index in [0.29, 0.717) is 5.39 Å². The Balaban J connectivity index is 1.56. The minimum absolute atomic E-state index is 0.0295. The number of rotatable bonds is 4. The van der Waals surface area contributed by atoms with Gasteiger partial charge in [0.15, 0.2) is 5.82 Å². The first-order valence-corrected chi connectivity index (χ1v) is 10.4. The second-order valence-electron chi connectivity index (χ2n) is 7.23. The van der Waals surface area contributed by atoms with Crippen LogP contribution in [-0.2, 0) is 6.54 Å². The van der Waals surface area contributed by atoms with Crippen LogP contribution in [0.25, 0.3) is 10.9 Å². The van der Waals surface area contributed by atoms with Crippen LogP contribution < -0.4 is 5.32 Å². The highest BCUT2D eigenvalue weighted by molar-refractivity contribution is 9.10. The lowest BCUT2D eigenvalue weighted by atomic mass is 10.1. The van der Waals surface area contributed by atoms with E-state index in [2.05, 4.69) is 31.1 Å². The zero-order chi connectivity index (χ0) is 20.4. The Kier molecular flexibility index (Phi) is 5.87. The number of fused-ring (bicyclic) bond motifs is 1. The van der Waals surface area contributed by atoms with Crippen LogP contribution in [0.3, 0.4) is 0 Å². The van der Waals surface area contributed by atoms with E-state index in [9.17, 15) is 13.6 Å². The molecule has 1 amide bonds. The van der Waals surface area contributed by atoms with E-state index in [0.717, 1.165) is 25.2 Å². The summed E-state index contributed by atoms with van der Waals surface area (Å²) in [5.41, 5.74) is 1.02. The minimum atomic E-state index is -0.719. The Morgan fingerprint density at radius 1 is 1.10 bits per heavy atom. The topological polar surface area (TPSA) is 45.2 Å². The molecule has 1 aromatic heterocycles. The fourth-order valence-corrected chi connectivity index (χ4v) is 4.01. The van der Waals surface area contributed by atoms with Crippen molar-refractivity contribution < 1.29 is 13.6 Å². The summed E-state index contributed by atoms with van der Waals surface area (Å²) in [6.45, 7) is 2.94. The standard InChI is InChI=1S/C22H20BrF2N3O/c23-17-6-4-5-16(19(17)24)22(29)27-18-8-7-15-11-14(12-26-21(15)20(18)25)13-28-9-2-1-3-10-28/h4-8,11-12H,1-3,9-10,13H2,(H,27,29). The monoisotopic (exact) mass is 459 g/mol. The van der Waals surface area contributed by atoms with Gasteiger partial charge in [0.25, 0.3) is 5.91 Å². The normalized spacial score (nSPS) is 14.9. The van der Waals surface area contributed by atoms with E-state index in [1.807, 2.05) is 6.07 Å². The highest BCUT2D eigenvalue weighted by Gasteiger charge is 2.18. The smallest absolute Gasteiger partial charge is 0.258 e. The molecule has 0 spiro atoms. The first-order chi connectivity index (χ1) is 14.0. The van der Waals surface area contributed by atoms with Gasteiger partial charge < -0.3 is 5.32 Å². The lowest BCUT2D eigenvalue weighted by Gasteiger charge is -2.26. The number of hydrogen-bond acceptors (Lipinski definition) is 3. The molecule has 1 saturated heterocycles. The van der Waals surface area contributed by atoms with E-state index >= 15 is 0 Å². The minimum Gasteiger partial charge on any atom is -0.319 e. The van der Waals surface area contributed by atoms with E-state index < -0.39 is 17.5 Å². The fraction of sp³-hybridized carbons (Fsp3) is 0.273. The molecule has 1 fully saturated rings. The second kappa shape index (κ2) is 8.55. The Morgan fingerprint density at radius 2 is 1.90 bits per heavy atom. The number of carbonyl (C=O) groups is 1. The predicted molar refractivity (Wildman–Crippen MR) is 113 cm³/mol. The van der Waals surface area contributed by atoms with Gasteiger partial charge in [0.05, 0.1) is 15.7 Å². The van der Waals surface area contributed by atoms with E-state index in [1.165, 1.54) is 37.5 Å². The van der Waals surface area contributed by atoms with Gasteiger partial charge in [0, 0.05) is 18.1 Å². The molecule has 0 saturated carbocycles. The number of aromatic nitrogens is 1. The van der Waals surface area contributed by atoms with E-state index in [1.54, 1.807) is 18.3 Å². The number of nitrogens with one attached hydrogen (secondary N) is 1. The maximum atomic E-state index is 14.9. The van der Waals surface area contributed by atoms with Crippen molar-refractivity contribution in [3.8, 4) is 0 Å². The summed E-state index contributed by atoms with van der Waals surface area (Å²) in [7, 11) is 0. The lowest BCUT2D eigenvalue weighted by Crippen LogP contribution is -2.29. The molecule has 7 heteroatoms. The number of amides is 1. The number of piperidine rings is 1. The van der Waals surface area contributed by atoms with Gasteiger partial charge >= 0.3 is 0 Å². The average molecular weight is 460 g/mol. The summed E-state index contributed by atoms with van der Waals surface area (Å²) in [6.07, 6.45) is 5.37. The number of pyridine rings is 1. The molecule has 29 heavy (non-hydrogen) atoms. The number of carbonyl (C=O) groups excluding carboxylic acids is 1. The quantitative estimate of drug-likeness (QED) is 0.558. The van der Waals surface area contributed by atoms with Crippen LogP contribution in [0.4, 0.5) is 14.5 Å². The SMILES string of the molecule is O=C(Nc1ccc2cc(CN3CCCCC3)cnc2c1F)c1cccc(Br)c1F. The van der Waals surface area contributed by atoms with Gasteiger partial charge in [-0.05, 0) is 71.7 Å². The maximum absolute atomic E-state index is 14.9. The predicted octanol–water partition coefficient (Wildman–Crippen LogP) is 5.51. The van der Waals surface area contributed by atoms with Gasteiger partial charge in [-0.1, -0.05) is 18.6 Å². The van der Waals surface area contributed by atoms with Crippen LogP contribution in [0.1, 0.15) is 35.2 Å². The van der Waals surface area contributed by atoms with Gasteiger partial charge in [-0.2, -0.15) is 0 Å². The third-order valence-corrected chi connectivity index (χ3v) is 5.76. The number of nitrogens with zero attached hydrogens (tertiary/aromatic N) is 2. The number of halogens is 3. The molecule has 0 unspecified atom stereocenters. The summed E-state index contributed by atoms with van der Waals surface area (Å²) < 4.78 is 29.2. The van der Waals surface area contributed by atoms with Crippen LogP contribution in [-0.4, -0.2) is 28.9 Å². The van der Waals surface area contributed by atoms with Crippen molar-refractivity contribution in [1.82, 2.24) is 9.88 Å². The zero-order valence-electron chi connectivity index (χ0n) is 15.7. The molecule has 0 bridgehead atoms. The van der Waals surface area contributed by atoms with Crippen molar-refractivity contribution in [2.75, 3.05) is 18.4 Å². The number of anilines is 1. The first-order valence-electron chi connectivity index (χ1n) is 9.58. The molecule has 150 valence electrons. The van der Waals surface area contributed by atoms with Crippen LogP contribution >= 0.6 is 15.9 Å². The molecule has 1 N–H and O–H groups in total. The molecule has 4 nitrogen and oxygen atoms in total. The summed E-state index contributed by atoms with van der Waals surface area (Å²) >= 11 is 3.05. The van der Waals surface area contributed by atoms with Crippen LogP contribution in [0.15, 0.2) is 47.1 Å². The molecule has 1 aliphatic rings.